The van der Waals surface area contributed by atoms with Crippen molar-refractivity contribution in [3.63, 3.8) is 0 Å². The Morgan fingerprint density at radius 1 is 0.806 bits per heavy atom. The molecule has 170 valence electrons. The maximum Gasteiger partial charge on any atom is 0.322 e. The summed E-state index contributed by atoms with van der Waals surface area (Å²) in [4.78, 5) is 14.9. The van der Waals surface area contributed by atoms with Gasteiger partial charge in [-0.25, -0.2) is 4.79 Å². The highest BCUT2D eigenvalue weighted by molar-refractivity contribution is 6.44. The van der Waals surface area contributed by atoms with Gasteiger partial charge in [-0.3, -0.25) is 0 Å². The van der Waals surface area contributed by atoms with E-state index in [9.17, 15) is 4.79 Å². The lowest BCUT2D eigenvalue weighted by atomic mass is 10.1. The van der Waals surface area contributed by atoms with Crippen molar-refractivity contribution in [1.82, 2.24) is 4.90 Å². The van der Waals surface area contributed by atoms with E-state index in [0.717, 1.165) is 24.8 Å². The third-order valence-electron chi connectivity index (χ3n) is 5.29. The van der Waals surface area contributed by atoms with Gasteiger partial charge in [0.2, 0.25) is 0 Å². The fourth-order valence-corrected chi connectivity index (χ4v) is 3.98. The molecule has 0 bridgehead atoms. The minimum absolute atomic E-state index is 0.189. The number of benzene rings is 2. The number of hydrogen-bond donors (Lipinski definition) is 1. The molecule has 0 radical (unpaired) electrons. The van der Waals surface area contributed by atoms with Crippen LogP contribution >= 0.6 is 34.8 Å². The molecule has 1 N–H and O–H groups in total. The number of urea groups is 1. The van der Waals surface area contributed by atoms with Crippen molar-refractivity contribution in [3.8, 4) is 0 Å². The number of nitrogens with zero attached hydrogens (tertiary/aromatic N) is 1. The SMILES string of the molecule is CCCCCCCN(Cc1ccc(CCCC)cc1)C(=O)Nc1cc(Cl)c(Cl)cc1Cl. The molecule has 0 heterocycles. The normalized spacial score (nSPS) is 10.9. The van der Waals surface area contributed by atoms with Crippen molar-refractivity contribution in [2.24, 2.45) is 0 Å². The van der Waals surface area contributed by atoms with Gasteiger partial charge in [0.1, 0.15) is 0 Å². The Labute approximate surface area is 202 Å². The molecule has 2 aromatic carbocycles. The van der Waals surface area contributed by atoms with Crippen LogP contribution in [-0.2, 0) is 13.0 Å². The third kappa shape index (κ3) is 8.92. The molecular formula is C25H33Cl3N2O. The lowest BCUT2D eigenvalue weighted by Crippen LogP contribution is -2.35. The molecule has 0 spiro atoms. The van der Waals surface area contributed by atoms with E-state index in [1.54, 1.807) is 12.1 Å². The lowest BCUT2D eigenvalue weighted by molar-refractivity contribution is 0.207. The zero-order valence-electron chi connectivity index (χ0n) is 18.5. The van der Waals surface area contributed by atoms with Crippen LogP contribution in [0, 0.1) is 0 Å². The Hall–Kier alpha value is -1.42. The summed E-state index contributed by atoms with van der Waals surface area (Å²) in [6.45, 7) is 5.63. The van der Waals surface area contributed by atoms with Gasteiger partial charge < -0.3 is 10.2 Å². The van der Waals surface area contributed by atoms with E-state index >= 15 is 0 Å². The van der Waals surface area contributed by atoms with Gasteiger partial charge in [0.05, 0.1) is 20.8 Å². The fourth-order valence-electron chi connectivity index (χ4n) is 3.38. The molecule has 0 fully saturated rings. The van der Waals surface area contributed by atoms with Gasteiger partial charge in [-0.1, -0.05) is 105 Å². The number of rotatable bonds is 12. The van der Waals surface area contributed by atoms with Crippen molar-refractivity contribution < 1.29 is 4.79 Å². The molecule has 31 heavy (non-hydrogen) atoms. The van der Waals surface area contributed by atoms with Crippen LogP contribution in [0.3, 0.4) is 0 Å². The van der Waals surface area contributed by atoms with Crippen LogP contribution in [-0.4, -0.2) is 17.5 Å². The Kier molecular flexibility index (Phi) is 11.6. The predicted molar refractivity (Wildman–Crippen MR) is 135 cm³/mol. The summed E-state index contributed by atoms with van der Waals surface area (Å²) in [5.74, 6) is 0. The first-order chi connectivity index (χ1) is 14.9. The van der Waals surface area contributed by atoms with Crippen molar-refractivity contribution in [3.05, 3.63) is 62.6 Å². The van der Waals surface area contributed by atoms with E-state index in [1.165, 1.54) is 37.7 Å². The number of carbonyl (C=O) groups excluding carboxylic acids is 1. The second-order valence-electron chi connectivity index (χ2n) is 7.93. The first-order valence-electron chi connectivity index (χ1n) is 11.2. The van der Waals surface area contributed by atoms with E-state index in [1.807, 2.05) is 4.90 Å². The van der Waals surface area contributed by atoms with Crippen LogP contribution in [0.25, 0.3) is 0 Å². The molecule has 2 amide bonds. The number of hydrogen-bond acceptors (Lipinski definition) is 1. The van der Waals surface area contributed by atoms with Crippen molar-refractivity contribution >= 4 is 46.5 Å². The molecule has 0 aliphatic heterocycles. The van der Waals surface area contributed by atoms with E-state index in [4.69, 9.17) is 34.8 Å². The van der Waals surface area contributed by atoms with Crippen LogP contribution in [0.15, 0.2) is 36.4 Å². The van der Waals surface area contributed by atoms with Gasteiger partial charge in [0.25, 0.3) is 0 Å². The van der Waals surface area contributed by atoms with Crippen molar-refractivity contribution in [2.45, 2.75) is 71.8 Å². The summed E-state index contributed by atoms with van der Waals surface area (Å²) in [5.41, 5.74) is 2.92. The number of amides is 2. The summed E-state index contributed by atoms with van der Waals surface area (Å²) < 4.78 is 0. The molecule has 0 saturated carbocycles. The molecule has 2 rings (SSSR count). The van der Waals surface area contributed by atoms with Gasteiger partial charge in [-0.15, -0.1) is 0 Å². The van der Waals surface area contributed by atoms with E-state index in [2.05, 4.69) is 43.4 Å². The van der Waals surface area contributed by atoms with E-state index in [-0.39, 0.29) is 6.03 Å². The lowest BCUT2D eigenvalue weighted by Gasteiger charge is -2.24. The summed E-state index contributed by atoms with van der Waals surface area (Å²) in [6.07, 6.45) is 9.17. The zero-order chi connectivity index (χ0) is 22.6. The number of anilines is 1. The molecule has 0 unspecified atom stereocenters. The van der Waals surface area contributed by atoms with Gasteiger partial charge in [0.15, 0.2) is 0 Å². The Morgan fingerprint density at radius 3 is 2.10 bits per heavy atom. The molecule has 6 heteroatoms. The van der Waals surface area contributed by atoms with Gasteiger partial charge in [-0.2, -0.15) is 0 Å². The van der Waals surface area contributed by atoms with Gasteiger partial charge >= 0.3 is 6.03 Å². The number of halogens is 3. The minimum Gasteiger partial charge on any atom is -0.320 e. The Bertz CT molecular complexity index is 824. The average Bonchev–Trinajstić information content (AvgIpc) is 2.75. The second kappa shape index (κ2) is 13.9. The first kappa shape index (κ1) is 25.8. The van der Waals surface area contributed by atoms with Crippen LogP contribution in [0.1, 0.15) is 69.9 Å². The first-order valence-corrected chi connectivity index (χ1v) is 12.4. The monoisotopic (exact) mass is 482 g/mol. The van der Waals surface area contributed by atoms with Gasteiger partial charge in [-0.05, 0) is 42.5 Å². The topological polar surface area (TPSA) is 32.3 Å². The van der Waals surface area contributed by atoms with Gasteiger partial charge in [0, 0.05) is 13.1 Å². The minimum atomic E-state index is -0.189. The summed E-state index contributed by atoms with van der Waals surface area (Å²) in [6, 6.07) is 11.5. The highest BCUT2D eigenvalue weighted by Gasteiger charge is 2.16. The number of unbranched alkanes of at least 4 members (excludes halogenated alkanes) is 5. The molecule has 0 atom stereocenters. The molecule has 3 nitrogen and oxygen atoms in total. The van der Waals surface area contributed by atoms with Crippen molar-refractivity contribution in [2.75, 3.05) is 11.9 Å². The van der Waals surface area contributed by atoms with Crippen LogP contribution < -0.4 is 5.32 Å². The molecule has 0 saturated heterocycles. The van der Waals surface area contributed by atoms with Crippen LogP contribution in [0.2, 0.25) is 15.1 Å². The highest BCUT2D eigenvalue weighted by Crippen LogP contribution is 2.32. The standard InChI is InChI=1S/C25H33Cl3N2O/c1-3-5-7-8-9-15-30(18-20-13-11-19(12-14-20)10-6-4-2)25(31)29-24-17-22(27)21(26)16-23(24)28/h11-14,16-17H,3-10,15,18H2,1-2H3,(H,29,31). The molecule has 0 aliphatic carbocycles. The zero-order valence-corrected chi connectivity index (χ0v) is 20.8. The summed E-state index contributed by atoms with van der Waals surface area (Å²) in [5, 5.41) is 3.99. The molecule has 0 aliphatic rings. The molecular weight excluding hydrogens is 451 g/mol. The van der Waals surface area contributed by atoms with Crippen LogP contribution in [0.4, 0.5) is 10.5 Å². The Morgan fingerprint density at radius 2 is 1.42 bits per heavy atom. The van der Waals surface area contributed by atoms with E-state index < -0.39 is 0 Å². The molecule has 0 aromatic heterocycles. The van der Waals surface area contributed by atoms with Crippen LogP contribution in [0.5, 0.6) is 0 Å². The Balaban J connectivity index is 2.07. The fraction of sp³-hybridized carbons (Fsp3) is 0.480. The molecule has 2 aromatic rings. The smallest absolute Gasteiger partial charge is 0.320 e. The van der Waals surface area contributed by atoms with Crippen molar-refractivity contribution in [1.29, 1.82) is 0 Å². The largest absolute Gasteiger partial charge is 0.322 e. The quantitative estimate of drug-likeness (QED) is 0.237. The summed E-state index contributed by atoms with van der Waals surface area (Å²) >= 11 is 18.4. The van der Waals surface area contributed by atoms with E-state index in [0.29, 0.717) is 33.8 Å². The maximum absolute atomic E-state index is 13.1. The second-order valence-corrected chi connectivity index (χ2v) is 9.15. The summed E-state index contributed by atoms with van der Waals surface area (Å²) in [7, 11) is 0. The third-order valence-corrected chi connectivity index (χ3v) is 6.32. The number of aryl methyl sites for hydroxylation is 1. The number of nitrogens with one attached hydrogen (secondary N) is 1. The predicted octanol–water partition coefficient (Wildman–Crippen LogP) is 8.99. The number of carbonyl (C=O) groups is 1. The maximum atomic E-state index is 13.1. The highest BCUT2D eigenvalue weighted by atomic mass is 35.5. The average molecular weight is 484 g/mol.